The summed E-state index contributed by atoms with van der Waals surface area (Å²) < 4.78 is 5.15. The molecule has 0 aliphatic heterocycles. The molecule has 0 heterocycles. The van der Waals surface area contributed by atoms with E-state index >= 15 is 0 Å². The van der Waals surface area contributed by atoms with Crippen molar-refractivity contribution < 1.29 is 30.0 Å². The second-order valence-electron chi connectivity index (χ2n) is 7.90. The molecule has 6 nitrogen and oxygen atoms in total. The summed E-state index contributed by atoms with van der Waals surface area (Å²) in [6.07, 6.45) is 10.1. The van der Waals surface area contributed by atoms with Crippen LogP contribution in [-0.4, -0.2) is 58.4 Å². The van der Waals surface area contributed by atoms with Crippen LogP contribution in [0.3, 0.4) is 0 Å². The lowest BCUT2D eigenvalue weighted by Crippen LogP contribution is -2.18. The van der Waals surface area contributed by atoms with Crippen LogP contribution in [-0.2, 0) is 9.53 Å². The van der Waals surface area contributed by atoms with Crippen molar-refractivity contribution in [3.05, 3.63) is 12.2 Å². The number of carboxylic acids is 1. The standard InChI is InChI=1S/C20H34O6/c21-8-3-1-2-4-16(22)5-6-17-18-11-14(7-9-26-13-20(24)25)10-15(18)12-19(17)23/h5-6,14-19,21-23H,1-4,7-13H2,(H,24,25)/t14?,15-,16?,17-,18+,19-/m0/s1. The predicted molar refractivity (Wildman–Crippen MR) is 97.6 cm³/mol. The second kappa shape index (κ2) is 11.0. The van der Waals surface area contributed by atoms with Crippen LogP contribution in [0.4, 0.5) is 0 Å². The average molecular weight is 370 g/mol. The van der Waals surface area contributed by atoms with Crippen LogP contribution in [0.5, 0.6) is 0 Å². The van der Waals surface area contributed by atoms with Crippen molar-refractivity contribution in [2.75, 3.05) is 19.8 Å². The largest absolute Gasteiger partial charge is 0.480 e. The normalized spacial score (nSPS) is 32.2. The number of hydrogen-bond acceptors (Lipinski definition) is 5. The van der Waals surface area contributed by atoms with Gasteiger partial charge in [0.2, 0.25) is 0 Å². The number of carboxylic acid groups (broad SMARTS) is 1. The van der Waals surface area contributed by atoms with Crippen LogP contribution < -0.4 is 0 Å². The Hall–Kier alpha value is -0.950. The molecule has 2 rings (SSSR count). The molecule has 2 unspecified atom stereocenters. The van der Waals surface area contributed by atoms with E-state index in [1.807, 2.05) is 12.2 Å². The highest BCUT2D eigenvalue weighted by Gasteiger charge is 2.46. The van der Waals surface area contributed by atoms with Crippen LogP contribution >= 0.6 is 0 Å². The van der Waals surface area contributed by atoms with Gasteiger partial charge < -0.3 is 25.2 Å². The Morgan fingerprint density at radius 2 is 2.00 bits per heavy atom. The summed E-state index contributed by atoms with van der Waals surface area (Å²) in [5.41, 5.74) is 0. The maximum absolute atomic E-state index is 10.5. The Morgan fingerprint density at radius 1 is 1.19 bits per heavy atom. The second-order valence-corrected chi connectivity index (χ2v) is 7.90. The van der Waals surface area contributed by atoms with Crippen LogP contribution in [0, 0.1) is 23.7 Å². The molecule has 4 N–H and O–H groups in total. The van der Waals surface area contributed by atoms with Crippen LogP contribution in [0.25, 0.3) is 0 Å². The first-order valence-corrected chi connectivity index (χ1v) is 9.96. The predicted octanol–water partition coefficient (Wildman–Crippen LogP) is 1.97. The molecular weight excluding hydrogens is 336 g/mol. The lowest BCUT2D eigenvalue weighted by atomic mass is 9.89. The summed E-state index contributed by atoms with van der Waals surface area (Å²) in [7, 11) is 0. The molecule has 6 atom stereocenters. The molecule has 0 aromatic heterocycles. The van der Waals surface area contributed by atoms with E-state index < -0.39 is 12.1 Å². The monoisotopic (exact) mass is 370 g/mol. The molecule has 0 saturated heterocycles. The number of ether oxygens (including phenoxy) is 1. The zero-order valence-corrected chi connectivity index (χ0v) is 15.5. The van der Waals surface area contributed by atoms with E-state index in [4.69, 9.17) is 14.9 Å². The van der Waals surface area contributed by atoms with E-state index in [0.717, 1.165) is 44.9 Å². The molecule has 0 aromatic carbocycles. The highest BCUT2D eigenvalue weighted by atomic mass is 16.5. The van der Waals surface area contributed by atoms with Crippen molar-refractivity contribution >= 4 is 5.97 Å². The number of aliphatic hydroxyl groups excluding tert-OH is 3. The zero-order chi connectivity index (χ0) is 18.9. The van der Waals surface area contributed by atoms with E-state index in [0.29, 0.717) is 30.8 Å². The van der Waals surface area contributed by atoms with Crippen molar-refractivity contribution in [2.24, 2.45) is 23.7 Å². The Balaban J connectivity index is 1.74. The van der Waals surface area contributed by atoms with E-state index in [1.54, 1.807) is 0 Å². The molecule has 150 valence electrons. The Bertz CT molecular complexity index is 452. The van der Waals surface area contributed by atoms with Crippen molar-refractivity contribution in [3.63, 3.8) is 0 Å². The number of hydrogen-bond donors (Lipinski definition) is 4. The van der Waals surface area contributed by atoms with Gasteiger partial charge in [0.05, 0.1) is 12.2 Å². The number of aliphatic hydroxyl groups is 3. The van der Waals surface area contributed by atoms with E-state index in [9.17, 15) is 15.0 Å². The van der Waals surface area contributed by atoms with E-state index in [2.05, 4.69) is 0 Å². The third-order valence-electron chi connectivity index (χ3n) is 5.94. The lowest BCUT2D eigenvalue weighted by Gasteiger charge is -2.19. The summed E-state index contributed by atoms with van der Waals surface area (Å²) in [6, 6.07) is 0. The Morgan fingerprint density at radius 3 is 2.73 bits per heavy atom. The van der Waals surface area contributed by atoms with Crippen LogP contribution in [0.15, 0.2) is 12.2 Å². The number of aliphatic carboxylic acids is 1. The average Bonchev–Trinajstić information content (AvgIpc) is 3.10. The smallest absolute Gasteiger partial charge is 0.329 e. The van der Waals surface area contributed by atoms with Gasteiger partial charge in [-0.3, -0.25) is 0 Å². The summed E-state index contributed by atoms with van der Waals surface area (Å²) in [6.45, 7) is 0.442. The van der Waals surface area contributed by atoms with Gasteiger partial charge in [-0.1, -0.05) is 25.0 Å². The van der Waals surface area contributed by atoms with E-state index in [-0.39, 0.29) is 25.2 Å². The van der Waals surface area contributed by atoms with Gasteiger partial charge >= 0.3 is 5.97 Å². The third-order valence-corrected chi connectivity index (χ3v) is 5.94. The van der Waals surface area contributed by atoms with Gasteiger partial charge in [-0.2, -0.15) is 0 Å². The number of fused-ring (bicyclic) bond motifs is 1. The number of rotatable bonds is 12. The van der Waals surface area contributed by atoms with Gasteiger partial charge in [0.25, 0.3) is 0 Å². The van der Waals surface area contributed by atoms with Gasteiger partial charge in [-0.25, -0.2) is 4.79 Å². The van der Waals surface area contributed by atoms with Crippen molar-refractivity contribution in [1.29, 1.82) is 0 Å². The molecule has 2 aliphatic carbocycles. The zero-order valence-electron chi connectivity index (χ0n) is 15.5. The third kappa shape index (κ3) is 6.65. The van der Waals surface area contributed by atoms with Gasteiger partial charge in [-0.05, 0) is 56.3 Å². The van der Waals surface area contributed by atoms with Crippen LogP contribution in [0.1, 0.15) is 51.4 Å². The topological polar surface area (TPSA) is 107 Å². The van der Waals surface area contributed by atoms with Crippen molar-refractivity contribution in [1.82, 2.24) is 0 Å². The van der Waals surface area contributed by atoms with Crippen molar-refractivity contribution in [2.45, 2.75) is 63.6 Å². The van der Waals surface area contributed by atoms with Crippen LogP contribution in [0.2, 0.25) is 0 Å². The quantitative estimate of drug-likeness (QED) is 0.309. The summed E-state index contributed by atoms with van der Waals surface area (Å²) in [5.74, 6) is 0.678. The van der Waals surface area contributed by atoms with Gasteiger partial charge in [0.1, 0.15) is 6.61 Å². The fraction of sp³-hybridized carbons (Fsp3) is 0.850. The first kappa shape index (κ1) is 21.4. The highest BCUT2D eigenvalue weighted by Crippen LogP contribution is 2.51. The molecule has 0 amide bonds. The molecule has 6 heteroatoms. The minimum Gasteiger partial charge on any atom is -0.480 e. The molecule has 0 bridgehead atoms. The molecule has 0 spiro atoms. The lowest BCUT2D eigenvalue weighted by molar-refractivity contribution is -0.142. The molecule has 0 aromatic rings. The first-order chi connectivity index (χ1) is 12.5. The summed E-state index contributed by atoms with van der Waals surface area (Å²) >= 11 is 0. The molecule has 0 radical (unpaired) electrons. The fourth-order valence-electron chi connectivity index (χ4n) is 4.68. The van der Waals surface area contributed by atoms with Gasteiger partial charge in [0, 0.05) is 19.1 Å². The minimum atomic E-state index is -0.934. The summed E-state index contributed by atoms with van der Waals surface area (Å²) in [4.78, 5) is 10.5. The molecule has 2 aliphatic rings. The SMILES string of the molecule is O=C(O)COCCC1C[C@H]2C[C@H](O)[C@@H](C=CC(O)CCCCCO)[C@@H]2C1. The van der Waals surface area contributed by atoms with Gasteiger partial charge in [0.15, 0.2) is 0 Å². The maximum atomic E-state index is 10.5. The molecular formula is C20H34O6. The van der Waals surface area contributed by atoms with E-state index in [1.165, 1.54) is 0 Å². The first-order valence-electron chi connectivity index (χ1n) is 9.96. The molecule has 2 saturated carbocycles. The molecule has 2 fully saturated rings. The Kier molecular flexibility index (Phi) is 9.05. The maximum Gasteiger partial charge on any atom is 0.329 e. The fourth-order valence-corrected chi connectivity index (χ4v) is 4.68. The molecule has 26 heavy (non-hydrogen) atoms. The number of carbonyl (C=O) groups is 1. The van der Waals surface area contributed by atoms with Gasteiger partial charge in [-0.15, -0.1) is 0 Å². The summed E-state index contributed by atoms with van der Waals surface area (Å²) in [5, 5.41) is 37.8. The highest BCUT2D eigenvalue weighted by molar-refractivity contribution is 5.67. The number of unbranched alkanes of at least 4 members (excludes halogenated alkanes) is 2. The Labute approximate surface area is 155 Å². The van der Waals surface area contributed by atoms with Crippen molar-refractivity contribution in [3.8, 4) is 0 Å². The minimum absolute atomic E-state index is 0.108.